The first-order valence-corrected chi connectivity index (χ1v) is 6.99. The second-order valence-corrected chi connectivity index (χ2v) is 4.65. The Hall–Kier alpha value is -1.64. The number of hydrogen-bond acceptors (Lipinski definition) is 3. The molecule has 0 aliphatic heterocycles. The van der Waals surface area contributed by atoms with Crippen molar-refractivity contribution in [1.29, 1.82) is 0 Å². The molecule has 0 heterocycles. The summed E-state index contributed by atoms with van der Waals surface area (Å²) >= 11 is 0. The van der Waals surface area contributed by atoms with E-state index in [1.165, 1.54) is 19.3 Å². The van der Waals surface area contributed by atoms with Gasteiger partial charge in [-0.1, -0.05) is 50.8 Å². The first kappa shape index (κ1) is 15.4. The predicted octanol–water partition coefficient (Wildman–Crippen LogP) is 3.77. The van der Waals surface area contributed by atoms with Crippen LogP contribution < -0.4 is 0 Å². The Morgan fingerprint density at radius 3 is 2.47 bits per heavy atom. The van der Waals surface area contributed by atoms with Crippen LogP contribution in [0.5, 0.6) is 0 Å². The van der Waals surface area contributed by atoms with Crippen LogP contribution in [-0.4, -0.2) is 18.4 Å². The number of rotatable bonds is 9. The molecule has 0 bridgehead atoms. The van der Waals surface area contributed by atoms with Gasteiger partial charge >= 0.3 is 5.97 Å². The maximum absolute atomic E-state index is 11.8. The summed E-state index contributed by atoms with van der Waals surface area (Å²) in [7, 11) is 0. The molecule has 104 valence electrons. The van der Waals surface area contributed by atoms with Crippen LogP contribution in [0.15, 0.2) is 30.3 Å². The summed E-state index contributed by atoms with van der Waals surface area (Å²) in [6.45, 7) is 2.16. The van der Waals surface area contributed by atoms with Crippen molar-refractivity contribution < 1.29 is 14.3 Å². The van der Waals surface area contributed by atoms with E-state index in [4.69, 9.17) is 4.74 Å². The lowest BCUT2D eigenvalue weighted by molar-refractivity contribution is -0.115. The zero-order chi connectivity index (χ0) is 13.9. The van der Waals surface area contributed by atoms with Crippen molar-refractivity contribution >= 4 is 12.3 Å². The highest BCUT2D eigenvalue weighted by Crippen LogP contribution is 2.10. The second-order valence-electron chi connectivity index (χ2n) is 4.65. The molecule has 3 heteroatoms. The quantitative estimate of drug-likeness (QED) is 0.386. The minimum Gasteiger partial charge on any atom is -0.451 e. The van der Waals surface area contributed by atoms with Gasteiger partial charge in [0.25, 0.3) is 0 Å². The topological polar surface area (TPSA) is 43.4 Å². The van der Waals surface area contributed by atoms with Crippen LogP contribution in [0.25, 0.3) is 0 Å². The molecule has 19 heavy (non-hydrogen) atoms. The van der Waals surface area contributed by atoms with Crippen molar-refractivity contribution in [3.05, 3.63) is 35.9 Å². The number of carbonyl (C=O) groups excluding carboxylic acids is 2. The molecule has 1 aromatic carbocycles. The van der Waals surface area contributed by atoms with Crippen LogP contribution in [0.2, 0.25) is 0 Å². The van der Waals surface area contributed by atoms with E-state index in [0.29, 0.717) is 12.0 Å². The Balaban J connectivity index is 2.32. The van der Waals surface area contributed by atoms with Crippen molar-refractivity contribution in [2.45, 2.75) is 51.6 Å². The SMILES string of the molecule is CCCCCCC[C@H](C=O)OC(=O)c1ccccc1. The number of esters is 1. The molecule has 1 aromatic rings. The normalized spacial score (nSPS) is 11.8. The van der Waals surface area contributed by atoms with Crippen LogP contribution in [-0.2, 0) is 9.53 Å². The fourth-order valence-electron chi connectivity index (χ4n) is 1.88. The van der Waals surface area contributed by atoms with Gasteiger partial charge in [0.2, 0.25) is 0 Å². The summed E-state index contributed by atoms with van der Waals surface area (Å²) in [4.78, 5) is 22.7. The van der Waals surface area contributed by atoms with Gasteiger partial charge in [-0.2, -0.15) is 0 Å². The third-order valence-corrected chi connectivity index (χ3v) is 3.01. The molecule has 0 saturated heterocycles. The Morgan fingerprint density at radius 2 is 1.84 bits per heavy atom. The van der Waals surface area contributed by atoms with E-state index in [1.54, 1.807) is 24.3 Å². The van der Waals surface area contributed by atoms with E-state index in [2.05, 4.69) is 6.92 Å². The van der Waals surface area contributed by atoms with Crippen molar-refractivity contribution in [3.8, 4) is 0 Å². The highest BCUT2D eigenvalue weighted by molar-refractivity contribution is 5.90. The first-order chi connectivity index (χ1) is 9.27. The third-order valence-electron chi connectivity index (χ3n) is 3.01. The summed E-state index contributed by atoms with van der Waals surface area (Å²) in [6.07, 6.45) is 6.32. The number of carbonyl (C=O) groups is 2. The zero-order valence-corrected chi connectivity index (χ0v) is 11.5. The Morgan fingerprint density at radius 1 is 1.16 bits per heavy atom. The molecule has 1 rings (SSSR count). The molecular formula is C16H22O3. The molecule has 3 nitrogen and oxygen atoms in total. The molecule has 1 atom stereocenters. The molecule has 0 aromatic heterocycles. The number of hydrogen-bond donors (Lipinski definition) is 0. The maximum Gasteiger partial charge on any atom is 0.338 e. The monoisotopic (exact) mass is 262 g/mol. The van der Waals surface area contributed by atoms with E-state index in [1.807, 2.05) is 6.07 Å². The molecule has 0 aliphatic rings. The second kappa shape index (κ2) is 9.31. The molecular weight excluding hydrogens is 240 g/mol. The average Bonchev–Trinajstić information content (AvgIpc) is 2.46. The summed E-state index contributed by atoms with van der Waals surface area (Å²) in [5.74, 6) is -0.425. The molecule has 0 unspecified atom stereocenters. The van der Waals surface area contributed by atoms with Crippen LogP contribution in [0.4, 0.5) is 0 Å². The molecule has 0 radical (unpaired) electrons. The summed E-state index contributed by atoms with van der Waals surface area (Å²) in [5.41, 5.74) is 0.486. The molecule has 0 saturated carbocycles. The van der Waals surface area contributed by atoms with Gasteiger partial charge in [-0.25, -0.2) is 4.79 Å². The first-order valence-electron chi connectivity index (χ1n) is 6.99. The minimum absolute atomic E-state index is 0.425. The smallest absolute Gasteiger partial charge is 0.338 e. The summed E-state index contributed by atoms with van der Waals surface area (Å²) < 4.78 is 5.19. The van der Waals surface area contributed by atoms with Crippen LogP contribution in [0.3, 0.4) is 0 Å². The van der Waals surface area contributed by atoms with Crippen molar-refractivity contribution in [2.75, 3.05) is 0 Å². The fourth-order valence-corrected chi connectivity index (χ4v) is 1.88. The van der Waals surface area contributed by atoms with Gasteiger partial charge in [-0.15, -0.1) is 0 Å². The standard InChI is InChI=1S/C16H22O3/c1-2-3-4-5-9-12-15(13-17)19-16(18)14-10-7-6-8-11-14/h6-8,10-11,13,15H,2-5,9,12H2,1H3/t15-/m1/s1. The maximum atomic E-state index is 11.8. The van der Waals surface area contributed by atoms with Crippen LogP contribution in [0.1, 0.15) is 55.8 Å². The van der Waals surface area contributed by atoms with Crippen molar-refractivity contribution in [2.24, 2.45) is 0 Å². The lowest BCUT2D eigenvalue weighted by Crippen LogP contribution is -2.19. The molecule has 0 aliphatic carbocycles. The largest absolute Gasteiger partial charge is 0.451 e. The van der Waals surface area contributed by atoms with Gasteiger partial charge in [0, 0.05) is 0 Å². The van der Waals surface area contributed by atoms with Gasteiger partial charge in [-0.05, 0) is 25.0 Å². The number of aldehydes is 1. The highest BCUT2D eigenvalue weighted by Gasteiger charge is 2.14. The molecule has 0 fully saturated rings. The third kappa shape index (κ3) is 6.18. The lowest BCUT2D eigenvalue weighted by atomic mass is 10.1. The van der Waals surface area contributed by atoms with Crippen LogP contribution >= 0.6 is 0 Å². The Kier molecular flexibility index (Phi) is 7.56. The number of benzene rings is 1. The van der Waals surface area contributed by atoms with Crippen molar-refractivity contribution in [1.82, 2.24) is 0 Å². The lowest BCUT2D eigenvalue weighted by Gasteiger charge is -2.11. The molecule has 0 amide bonds. The zero-order valence-electron chi connectivity index (χ0n) is 11.5. The summed E-state index contributed by atoms with van der Waals surface area (Å²) in [6, 6.07) is 8.76. The van der Waals surface area contributed by atoms with E-state index in [9.17, 15) is 9.59 Å². The van der Waals surface area contributed by atoms with E-state index in [-0.39, 0.29) is 0 Å². The van der Waals surface area contributed by atoms with Gasteiger partial charge in [0.1, 0.15) is 0 Å². The van der Waals surface area contributed by atoms with Gasteiger partial charge in [0.05, 0.1) is 5.56 Å². The predicted molar refractivity (Wildman–Crippen MR) is 75.1 cm³/mol. The number of unbranched alkanes of at least 4 members (excludes halogenated alkanes) is 4. The van der Waals surface area contributed by atoms with E-state index >= 15 is 0 Å². The molecule has 0 N–H and O–H groups in total. The van der Waals surface area contributed by atoms with Gasteiger partial charge in [0.15, 0.2) is 12.4 Å². The average molecular weight is 262 g/mol. The Labute approximate surface area is 115 Å². The highest BCUT2D eigenvalue weighted by atomic mass is 16.5. The van der Waals surface area contributed by atoms with Gasteiger partial charge < -0.3 is 4.74 Å². The van der Waals surface area contributed by atoms with Crippen molar-refractivity contribution in [3.63, 3.8) is 0 Å². The van der Waals surface area contributed by atoms with E-state index in [0.717, 1.165) is 19.1 Å². The minimum atomic E-state index is -0.616. The fraction of sp³-hybridized carbons (Fsp3) is 0.500. The number of ether oxygens (including phenoxy) is 1. The Bertz CT molecular complexity index is 373. The van der Waals surface area contributed by atoms with Crippen LogP contribution in [0, 0.1) is 0 Å². The molecule has 0 spiro atoms. The van der Waals surface area contributed by atoms with Gasteiger partial charge in [-0.3, -0.25) is 4.79 Å². The van der Waals surface area contributed by atoms with E-state index < -0.39 is 12.1 Å². The summed E-state index contributed by atoms with van der Waals surface area (Å²) in [5, 5.41) is 0.